The highest BCUT2D eigenvalue weighted by Gasteiger charge is 2.23. The Bertz CT molecular complexity index is 456. The number of rotatable bonds is 4. The second-order valence-electron chi connectivity index (χ2n) is 4.99. The van der Waals surface area contributed by atoms with Crippen molar-refractivity contribution in [2.45, 2.75) is 45.1 Å². The van der Waals surface area contributed by atoms with E-state index in [0.717, 1.165) is 19.4 Å². The minimum absolute atomic E-state index is 0.0541. The van der Waals surface area contributed by atoms with Crippen molar-refractivity contribution in [3.05, 3.63) is 17.8 Å². The summed E-state index contributed by atoms with van der Waals surface area (Å²) in [5.74, 6) is -0.393. The number of pyridine rings is 1. The van der Waals surface area contributed by atoms with Gasteiger partial charge >= 0.3 is 5.97 Å². The lowest BCUT2D eigenvalue weighted by Gasteiger charge is -2.35. The van der Waals surface area contributed by atoms with E-state index >= 15 is 0 Å². The van der Waals surface area contributed by atoms with E-state index in [1.54, 1.807) is 6.07 Å². The van der Waals surface area contributed by atoms with E-state index in [9.17, 15) is 4.79 Å². The number of anilines is 2. The Morgan fingerprint density at radius 3 is 2.68 bits per heavy atom. The summed E-state index contributed by atoms with van der Waals surface area (Å²) < 4.78 is 0. The lowest BCUT2D eigenvalue weighted by molar-refractivity contribution is 0.0690. The van der Waals surface area contributed by atoms with Crippen LogP contribution in [0.3, 0.4) is 0 Å². The number of carboxylic acids is 1. The van der Waals surface area contributed by atoms with Gasteiger partial charge in [-0.25, -0.2) is 9.78 Å². The molecule has 0 bridgehead atoms. The Labute approximate surface area is 113 Å². The van der Waals surface area contributed by atoms with Gasteiger partial charge in [0.05, 0.1) is 5.69 Å². The SMILES string of the molecule is CCN(c1nc(C(=O)O)ccc1N)C1CCCCC1. The van der Waals surface area contributed by atoms with Crippen LogP contribution in [0.5, 0.6) is 0 Å². The van der Waals surface area contributed by atoms with Crippen LogP contribution < -0.4 is 10.6 Å². The lowest BCUT2D eigenvalue weighted by Crippen LogP contribution is -2.38. The molecule has 0 atom stereocenters. The van der Waals surface area contributed by atoms with E-state index in [1.807, 2.05) is 0 Å². The lowest BCUT2D eigenvalue weighted by atomic mass is 9.94. The Morgan fingerprint density at radius 2 is 2.11 bits per heavy atom. The highest BCUT2D eigenvalue weighted by molar-refractivity contribution is 5.87. The Hall–Kier alpha value is -1.78. The van der Waals surface area contributed by atoms with E-state index in [1.165, 1.54) is 25.3 Å². The quantitative estimate of drug-likeness (QED) is 0.872. The van der Waals surface area contributed by atoms with Gasteiger partial charge in [0.1, 0.15) is 0 Å². The molecule has 19 heavy (non-hydrogen) atoms. The fourth-order valence-corrected chi connectivity index (χ4v) is 2.78. The molecular weight excluding hydrogens is 242 g/mol. The molecule has 5 heteroatoms. The first-order valence-corrected chi connectivity index (χ1v) is 6.90. The molecule has 0 spiro atoms. The monoisotopic (exact) mass is 263 g/mol. The third-order valence-electron chi connectivity index (χ3n) is 3.75. The molecule has 3 N–H and O–H groups in total. The largest absolute Gasteiger partial charge is 0.477 e. The molecule has 1 fully saturated rings. The maximum absolute atomic E-state index is 11.0. The van der Waals surface area contributed by atoms with E-state index in [4.69, 9.17) is 10.8 Å². The molecule has 1 aromatic heterocycles. The van der Waals surface area contributed by atoms with Crippen LogP contribution in [-0.4, -0.2) is 28.6 Å². The summed E-state index contributed by atoms with van der Waals surface area (Å²) >= 11 is 0. The predicted octanol–water partition coefficient (Wildman–Crippen LogP) is 2.52. The minimum atomic E-state index is -1.01. The fourth-order valence-electron chi connectivity index (χ4n) is 2.78. The van der Waals surface area contributed by atoms with Gasteiger partial charge in [-0.1, -0.05) is 19.3 Å². The van der Waals surface area contributed by atoms with Crippen molar-refractivity contribution in [1.82, 2.24) is 4.98 Å². The van der Waals surface area contributed by atoms with Crippen molar-refractivity contribution in [3.63, 3.8) is 0 Å². The summed E-state index contributed by atoms with van der Waals surface area (Å²) in [4.78, 5) is 17.4. The van der Waals surface area contributed by atoms with Gasteiger partial charge in [0.2, 0.25) is 0 Å². The van der Waals surface area contributed by atoms with Crippen LogP contribution in [0.4, 0.5) is 11.5 Å². The van der Waals surface area contributed by atoms with Crippen LogP contribution in [0.25, 0.3) is 0 Å². The molecule has 1 aliphatic rings. The molecule has 1 aliphatic carbocycles. The molecule has 2 rings (SSSR count). The van der Waals surface area contributed by atoms with Crippen molar-refractivity contribution >= 4 is 17.5 Å². The van der Waals surface area contributed by atoms with E-state index in [-0.39, 0.29) is 5.69 Å². The normalized spacial score (nSPS) is 16.3. The van der Waals surface area contributed by atoms with Crippen LogP contribution in [-0.2, 0) is 0 Å². The van der Waals surface area contributed by atoms with Crippen molar-refractivity contribution in [2.75, 3.05) is 17.2 Å². The molecule has 1 heterocycles. The number of aromatic nitrogens is 1. The van der Waals surface area contributed by atoms with Crippen molar-refractivity contribution in [3.8, 4) is 0 Å². The molecule has 0 amide bonds. The molecule has 0 unspecified atom stereocenters. The second kappa shape index (κ2) is 5.91. The van der Waals surface area contributed by atoms with Crippen molar-refractivity contribution in [1.29, 1.82) is 0 Å². The van der Waals surface area contributed by atoms with Gasteiger partial charge in [-0.3, -0.25) is 0 Å². The van der Waals surface area contributed by atoms with E-state index in [0.29, 0.717) is 17.5 Å². The molecule has 0 radical (unpaired) electrons. The van der Waals surface area contributed by atoms with Gasteiger partial charge in [-0.05, 0) is 31.9 Å². The maximum atomic E-state index is 11.0. The summed E-state index contributed by atoms with van der Waals surface area (Å²) in [7, 11) is 0. The Kier molecular flexibility index (Phi) is 4.24. The first kappa shape index (κ1) is 13.6. The van der Waals surface area contributed by atoms with Gasteiger partial charge < -0.3 is 15.7 Å². The van der Waals surface area contributed by atoms with Crippen molar-refractivity contribution < 1.29 is 9.90 Å². The number of nitrogen functional groups attached to an aromatic ring is 1. The predicted molar refractivity (Wildman–Crippen MR) is 75.5 cm³/mol. The molecule has 0 aromatic carbocycles. The number of aromatic carboxylic acids is 1. The zero-order chi connectivity index (χ0) is 13.8. The number of nitrogens with two attached hydrogens (primary N) is 1. The minimum Gasteiger partial charge on any atom is -0.477 e. The van der Waals surface area contributed by atoms with Gasteiger partial charge in [0.25, 0.3) is 0 Å². The van der Waals surface area contributed by atoms with E-state index < -0.39 is 5.97 Å². The zero-order valence-corrected chi connectivity index (χ0v) is 11.3. The summed E-state index contributed by atoms with van der Waals surface area (Å²) in [6.45, 7) is 2.86. The average molecular weight is 263 g/mol. The Morgan fingerprint density at radius 1 is 1.42 bits per heavy atom. The van der Waals surface area contributed by atoms with Crippen LogP contribution in [0.2, 0.25) is 0 Å². The highest BCUT2D eigenvalue weighted by Crippen LogP contribution is 2.29. The van der Waals surface area contributed by atoms with Crippen LogP contribution >= 0.6 is 0 Å². The third kappa shape index (κ3) is 2.97. The Balaban J connectivity index is 2.30. The molecule has 1 aromatic rings. The standard InChI is InChI=1S/C14H21N3O2/c1-2-17(10-6-4-3-5-7-10)13-11(15)8-9-12(16-13)14(18)19/h8-10H,2-7,15H2,1H3,(H,18,19). The topological polar surface area (TPSA) is 79.5 Å². The summed E-state index contributed by atoms with van der Waals surface area (Å²) in [6, 6.07) is 3.52. The highest BCUT2D eigenvalue weighted by atomic mass is 16.4. The third-order valence-corrected chi connectivity index (χ3v) is 3.75. The molecule has 1 saturated carbocycles. The smallest absolute Gasteiger partial charge is 0.354 e. The molecular formula is C14H21N3O2. The molecule has 5 nitrogen and oxygen atoms in total. The summed E-state index contributed by atoms with van der Waals surface area (Å²) in [5.41, 5.74) is 6.58. The average Bonchev–Trinajstić information content (AvgIpc) is 2.42. The van der Waals surface area contributed by atoms with Crippen LogP contribution in [0.1, 0.15) is 49.5 Å². The molecule has 0 aliphatic heterocycles. The second-order valence-corrected chi connectivity index (χ2v) is 4.99. The summed E-state index contributed by atoms with van der Waals surface area (Å²) in [6.07, 6.45) is 5.99. The van der Waals surface area contributed by atoms with Crippen LogP contribution in [0, 0.1) is 0 Å². The van der Waals surface area contributed by atoms with Gasteiger partial charge in [-0.15, -0.1) is 0 Å². The van der Waals surface area contributed by atoms with Gasteiger partial charge in [-0.2, -0.15) is 0 Å². The van der Waals surface area contributed by atoms with Gasteiger partial charge in [0, 0.05) is 12.6 Å². The number of hydrogen-bond donors (Lipinski definition) is 2. The number of carboxylic acid groups (broad SMARTS) is 1. The first-order chi connectivity index (χ1) is 9.13. The molecule has 0 saturated heterocycles. The van der Waals surface area contributed by atoms with E-state index in [2.05, 4.69) is 16.8 Å². The zero-order valence-electron chi connectivity index (χ0n) is 11.3. The van der Waals surface area contributed by atoms with Gasteiger partial charge in [0.15, 0.2) is 11.5 Å². The van der Waals surface area contributed by atoms with Crippen LogP contribution in [0.15, 0.2) is 12.1 Å². The number of hydrogen-bond acceptors (Lipinski definition) is 4. The number of nitrogens with zero attached hydrogens (tertiary/aromatic N) is 2. The molecule has 104 valence electrons. The first-order valence-electron chi connectivity index (χ1n) is 6.90. The number of carbonyl (C=O) groups is 1. The fraction of sp³-hybridized carbons (Fsp3) is 0.571. The van der Waals surface area contributed by atoms with Crippen molar-refractivity contribution in [2.24, 2.45) is 0 Å². The summed E-state index contributed by atoms with van der Waals surface area (Å²) in [5, 5.41) is 9.04. The maximum Gasteiger partial charge on any atom is 0.354 e.